The molecular formula is C6H18KOSi2. The predicted octanol–water partition coefficient (Wildman–Crippen LogP) is 2.29. The molecule has 0 aliphatic heterocycles. The topological polar surface area (TPSA) is 9.23 Å². The third-order valence-corrected chi connectivity index (χ3v) is 5.51. The minimum Gasteiger partial charge on any atom is -0.456 e. The van der Waals surface area contributed by atoms with Crippen LogP contribution >= 0.6 is 0 Å². The van der Waals surface area contributed by atoms with Crippen LogP contribution in [0.25, 0.3) is 0 Å². The number of hydrogen-bond acceptors (Lipinski definition) is 1. The normalized spacial score (nSPS) is 12.6. The molecule has 0 aromatic carbocycles. The van der Waals surface area contributed by atoms with Crippen LogP contribution in [0, 0.1) is 0 Å². The summed E-state index contributed by atoms with van der Waals surface area (Å²) >= 11 is 0. The molecule has 0 aliphatic rings. The maximum Gasteiger partial charge on any atom is 0.170 e. The van der Waals surface area contributed by atoms with Gasteiger partial charge in [0.2, 0.25) is 0 Å². The second-order valence-electron chi connectivity index (χ2n) is 4.33. The Kier molecular flexibility index (Phi) is 7.15. The molecule has 0 atom stereocenters. The van der Waals surface area contributed by atoms with Crippen LogP contribution in [-0.4, -0.2) is 68.0 Å². The Morgan fingerprint density at radius 3 is 0.900 bits per heavy atom. The fourth-order valence-electron chi connectivity index (χ4n) is 0.919. The first-order valence-electron chi connectivity index (χ1n) is 3.41. The number of hydrogen-bond donors (Lipinski definition) is 0. The van der Waals surface area contributed by atoms with Crippen LogP contribution in [0.15, 0.2) is 0 Å². The van der Waals surface area contributed by atoms with Gasteiger partial charge < -0.3 is 4.12 Å². The summed E-state index contributed by atoms with van der Waals surface area (Å²) in [5.74, 6) is 0. The van der Waals surface area contributed by atoms with E-state index in [0.717, 1.165) is 0 Å². The van der Waals surface area contributed by atoms with Gasteiger partial charge in [-0.05, 0) is 39.3 Å². The van der Waals surface area contributed by atoms with Crippen molar-refractivity contribution in [3.05, 3.63) is 0 Å². The second kappa shape index (κ2) is 4.91. The Morgan fingerprint density at radius 2 is 0.900 bits per heavy atom. The molecule has 0 bridgehead atoms. The maximum absolute atomic E-state index is 5.90. The van der Waals surface area contributed by atoms with E-state index in [2.05, 4.69) is 39.3 Å². The quantitative estimate of drug-likeness (QED) is 0.623. The summed E-state index contributed by atoms with van der Waals surface area (Å²) in [6, 6.07) is 0. The van der Waals surface area contributed by atoms with Gasteiger partial charge in [-0.2, -0.15) is 0 Å². The van der Waals surface area contributed by atoms with Crippen LogP contribution < -0.4 is 0 Å². The molecule has 0 aromatic heterocycles. The summed E-state index contributed by atoms with van der Waals surface area (Å²) in [4.78, 5) is 0. The Morgan fingerprint density at radius 1 is 0.700 bits per heavy atom. The third kappa shape index (κ3) is 12.7. The molecule has 0 heterocycles. The first-order valence-corrected chi connectivity index (χ1v) is 10.2. The molecule has 0 aromatic rings. The van der Waals surface area contributed by atoms with E-state index >= 15 is 0 Å². The molecule has 1 radical (unpaired) electrons. The van der Waals surface area contributed by atoms with E-state index in [-0.39, 0.29) is 51.4 Å². The third-order valence-electron chi connectivity index (χ3n) is 0.612. The summed E-state index contributed by atoms with van der Waals surface area (Å²) < 4.78 is 5.90. The monoisotopic (exact) mass is 201 g/mol. The molecule has 0 amide bonds. The van der Waals surface area contributed by atoms with Crippen LogP contribution in [-0.2, 0) is 4.12 Å². The van der Waals surface area contributed by atoms with Crippen LogP contribution in [0.1, 0.15) is 0 Å². The standard InChI is InChI=1S/C6H18OSi2.K/c1-8(2,3)7-9(4,5)6;/h1-6H3;. The van der Waals surface area contributed by atoms with Crippen LogP contribution in [0.2, 0.25) is 39.3 Å². The SMILES string of the molecule is C[Si](C)(C)O[Si](C)(C)C.[K]. The van der Waals surface area contributed by atoms with Gasteiger partial charge in [0, 0.05) is 51.4 Å². The van der Waals surface area contributed by atoms with E-state index in [1.807, 2.05) is 0 Å². The van der Waals surface area contributed by atoms with Crippen LogP contribution in [0.4, 0.5) is 0 Å². The van der Waals surface area contributed by atoms with E-state index in [1.165, 1.54) is 0 Å². The molecule has 1 nitrogen and oxygen atoms in total. The van der Waals surface area contributed by atoms with Crippen molar-refractivity contribution in [1.29, 1.82) is 0 Å². The van der Waals surface area contributed by atoms with Gasteiger partial charge in [0.15, 0.2) is 16.6 Å². The zero-order chi connectivity index (χ0) is 7.71. The minimum absolute atomic E-state index is 0. The van der Waals surface area contributed by atoms with E-state index in [4.69, 9.17) is 4.12 Å². The van der Waals surface area contributed by atoms with Crippen molar-refractivity contribution >= 4 is 68.0 Å². The van der Waals surface area contributed by atoms with Gasteiger partial charge in [-0.1, -0.05) is 0 Å². The van der Waals surface area contributed by atoms with Gasteiger partial charge in [0.05, 0.1) is 0 Å². The first kappa shape index (κ1) is 14.5. The van der Waals surface area contributed by atoms with E-state index in [9.17, 15) is 0 Å². The van der Waals surface area contributed by atoms with Gasteiger partial charge in [-0.3, -0.25) is 0 Å². The molecule has 0 N–H and O–H groups in total. The van der Waals surface area contributed by atoms with E-state index in [0.29, 0.717) is 0 Å². The van der Waals surface area contributed by atoms with Crippen molar-refractivity contribution in [2.75, 3.05) is 0 Å². The summed E-state index contributed by atoms with van der Waals surface area (Å²) in [6.45, 7) is 13.4. The Balaban J connectivity index is 0. The van der Waals surface area contributed by atoms with Gasteiger partial charge in [-0.25, -0.2) is 0 Å². The van der Waals surface area contributed by atoms with Crippen molar-refractivity contribution in [2.24, 2.45) is 0 Å². The second-order valence-corrected chi connectivity index (χ2v) is 13.6. The molecule has 0 unspecified atom stereocenters. The summed E-state index contributed by atoms with van der Waals surface area (Å²) in [7, 11) is -2.46. The van der Waals surface area contributed by atoms with Gasteiger partial charge in [0.25, 0.3) is 0 Å². The minimum atomic E-state index is -1.23. The Hall–Kier alpha value is 2.03. The van der Waals surface area contributed by atoms with Crippen molar-refractivity contribution in [3.8, 4) is 0 Å². The van der Waals surface area contributed by atoms with Gasteiger partial charge in [0.1, 0.15) is 0 Å². The fourth-order valence-corrected chi connectivity index (χ4v) is 8.27. The summed E-state index contributed by atoms with van der Waals surface area (Å²) in [5.41, 5.74) is 0. The van der Waals surface area contributed by atoms with Gasteiger partial charge >= 0.3 is 0 Å². The molecule has 0 spiro atoms. The first-order chi connectivity index (χ1) is 3.71. The van der Waals surface area contributed by atoms with Crippen molar-refractivity contribution in [2.45, 2.75) is 39.3 Å². The predicted molar refractivity (Wildman–Crippen MR) is 53.5 cm³/mol. The zero-order valence-electron chi connectivity index (χ0n) is 8.41. The van der Waals surface area contributed by atoms with Crippen molar-refractivity contribution in [1.82, 2.24) is 0 Å². The Bertz CT molecular complexity index is 80.9. The molecule has 0 saturated carbocycles. The average Bonchev–Trinajstić information content (AvgIpc) is 1.14. The van der Waals surface area contributed by atoms with Crippen LogP contribution in [0.5, 0.6) is 0 Å². The largest absolute Gasteiger partial charge is 0.456 e. The molecule has 0 rings (SSSR count). The van der Waals surface area contributed by atoms with E-state index in [1.54, 1.807) is 0 Å². The average molecular weight is 201 g/mol. The van der Waals surface area contributed by atoms with Crippen LogP contribution in [0.3, 0.4) is 0 Å². The summed E-state index contributed by atoms with van der Waals surface area (Å²) in [5, 5.41) is 0. The summed E-state index contributed by atoms with van der Waals surface area (Å²) in [6.07, 6.45) is 0. The fraction of sp³-hybridized carbons (Fsp3) is 1.00. The van der Waals surface area contributed by atoms with Crippen molar-refractivity contribution < 1.29 is 4.12 Å². The molecule has 0 fully saturated rings. The smallest absolute Gasteiger partial charge is 0.170 e. The maximum atomic E-state index is 5.90. The van der Waals surface area contributed by atoms with Crippen molar-refractivity contribution in [3.63, 3.8) is 0 Å². The molecule has 0 saturated heterocycles. The Labute approximate surface area is 110 Å². The molecular weight excluding hydrogens is 183 g/mol. The molecule has 57 valence electrons. The van der Waals surface area contributed by atoms with E-state index < -0.39 is 16.6 Å². The zero-order valence-corrected chi connectivity index (χ0v) is 13.5. The molecule has 0 aliphatic carbocycles. The molecule has 4 heteroatoms. The molecule has 10 heavy (non-hydrogen) atoms. The number of rotatable bonds is 2. The van der Waals surface area contributed by atoms with Gasteiger partial charge in [-0.15, -0.1) is 0 Å².